The third-order valence-electron chi connectivity index (χ3n) is 3.31. The highest BCUT2D eigenvalue weighted by molar-refractivity contribution is 5.85. The summed E-state index contributed by atoms with van der Waals surface area (Å²) >= 11 is 0. The molecule has 0 fully saturated rings. The monoisotopic (exact) mass is 352 g/mol. The highest BCUT2D eigenvalue weighted by Crippen LogP contribution is 2.16. The third kappa shape index (κ3) is 8.05. The summed E-state index contributed by atoms with van der Waals surface area (Å²) in [6.45, 7) is 2.06. The van der Waals surface area contributed by atoms with Crippen LogP contribution in [0.25, 0.3) is 0 Å². The normalized spacial score (nSPS) is 10.0. The van der Waals surface area contributed by atoms with Crippen LogP contribution in [0, 0.1) is 0 Å². The number of nitrogens with zero attached hydrogens (tertiary/aromatic N) is 1. The van der Waals surface area contributed by atoms with Gasteiger partial charge < -0.3 is 24.8 Å². The summed E-state index contributed by atoms with van der Waals surface area (Å²) in [6, 6.07) is 6.77. The van der Waals surface area contributed by atoms with Crippen LogP contribution in [-0.4, -0.2) is 61.1 Å². The Bertz CT molecular complexity index is 573. The second-order valence-electron chi connectivity index (χ2n) is 5.27. The molecular weight excluding hydrogens is 328 g/mol. The predicted octanol–water partition coefficient (Wildman–Crippen LogP) is 0.904. The first kappa shape index (κ1) is 20.3. The van der Waals surface area contributed by atoms with Gasteiger partial charge in [-0.25, -0.2) is 0 Å². The summed E-state index contributed by atoms with van der Waals surface area (Å²) in [6.07, 6.45) is 0.583. The van der Waals surface area contributed by atoms with Crippen LogP contribution in [0.4, 0.5) is 0 Å². The Hall–Kier alpha value is -2.77. The SMILES string of the molecule is CCCN(CCC(=O)O)C(=O)CNC(=O)COc1ccc(OC)cc1. The number of carbonyl (C=O) groups excluding carboxylic acids is 2. The number of amides is 2. The lowest BCUT2D eigenvalue weighted by molar-refractivity contribution is -0.139. The van der Waals surface area contributed by atoms with Gasteiger partial charge in [-0.15, -0.1) is 0 Å². The minimum absolute atomic E-state index is 0.125. The van der Waals surface area contributed by atoms with E-state index in [1.807, 2.05) is 6.92 Å². The van der Waals surface area contributed by atoms with Gasteiger partial charge in [0.2, 0.25) is 5.91 Å². The molecule has 1 aromatic rings. The maximum absolute atomic E-state index is 12.1. The first-order chi connectivity index (χ1) is 12.0. The van der Waals surface area contributed by atoms with Crippen LogP contribution < -0.4 is 14.8 Å². The fourth-order valence-corrected chi connectivity index (χ4v) is 2.02. The number of ether oxygens (including phenoxy) is 2. The predicted molar refractivity (Wildman–Crippen MR) is 90.6 cm³/mol. The molecule has 138 valence electrons. The van der Waals surface area contributed by atoms with E-state index in [1.165, 1.54) is 4.90 Å². The molecule has 0 aliphatic carbocycles. The number of rotatable bonds is 11. The lowest BCUT2D eigenvalue weighted by Gasteiger charge is -2.21. The van der Waals surface area contributed by atoms with E-state index in [-0.39, 0.29) is 32.0 Å². The number of carboxylic acids is 1. The van der Waals surface area contributed by atoms with Crippen LogP contribution in [0.3, 0.4) is 0 Å². The summed E-state index contributed by atoms with van der Waals surface area (Å²) in [5.74, 6) is -0.526. The molecule has 25 heavy (non-hydrogen) atoms. The van der Waals surface area contributed by atoms with Crippen LogP contribution >= 0.6 is 0 Å². The number of carboxylic acid groups (broad SMARTS) is 1. The Morgan fingerprint density at radius 3 is 2.32 bits per heavy atom. The van der Waals surface area contributed by atoms with Gasteiger partial charge in [0.25, 0.3) is 5.91 Å². The van der Waals surface area contributed by atoms with Crippen LogP contribution in [0.1, 0.15) is 19.8 Å². The lowest BCUT2D eigenvalue weighted by Crippen LogP contribution is -2.42. The van der Waals surface area contributed by atoms with Gasteiger partial charge in [0.1, 0.15) is 11.5 Å². The largest absolute Gasteiger partial charge is 0.497 e. The van der Waals surface area contributed by atoms with Gasteiger partial charge >= 0.3 is 5.97 Å². The van der Waals surface area contributed by atoms with E-state index in [0.29, 0.717) is 24.5 Å². The average Bonchev–Trinajstić information content (AvgIpc) is 2.61. The van der Waals surface area contributed by atoms with Gasteiger partial charge in [-0.3, -0.25) is 14.4 Å². The van der Waals surface area contributed by atoms with Crippen molar-refractivity contribution in [3.63, 3.8) is 0 Å². The van der Waals surface area contributed by atoms with Gasteiger partial charge in [-0.05, 0) is 30.7 Å². The van der Waals surface area contributed by atoms with E-state index >= 15 is 0 Å². The fourth-order valence-electron chi connectivity index (χ4n) is 2.02. The molecule has 0 radical (unpaired) electrons. The zero-order valence-corrected chi connectivity index (χ0v) is 14.5. The van der Waals surface area contributed by atoms with Gasteiger partial charge in [-0.2, -0.15) is 0 Å². The fraction of sp³-hybridized carbons (Fsp3) is 0.471. The number of carbonyl (C=O) groups is 3. The summed E-state index contributed by atoms with van der Waals surface area (Å²) in [5, 5.41) is 11.2. The Labute approximate surface area is 146 Å². The summed E-state index contributed by atoms with van der Waals surface area (Å²) in [4.78, 5) is 35.9. The first-order valence-electron chi connectivity index (χ1n) is 7.99. The topological polar surface area (TPSA) is 105 Å². The molecule has 1 rings (SSSR count). The van der Waals surface area contributed by atoms with Crippen molar-refractivity contribution in [1.29, 1.82) is 0 Å². The smallest absolute Gasteiger partial charge is 0.305 e. The maximum Gasteiger partial charge on any atom is 0.305 e. The molecular formula is C17H24N2O6. The molecule has 0 aromatic heterocycles. The van der Waals surface area contributed by atoms with Crippen molar-refractivity contribution in [2.75, 3.05) is 33.4 Å². The van der Waals surface area contributed by atoms with E-state index in [9.17, 15) is 14.4 Å². The number of hydrogen-bond donors (Lipinski definition) is 2. The van der Waals surface area contributed by atoms with Crippen LogP contribution in [0.2, 0.25) is 0 Å². The second-order valence-corrected chi connectivity index (χ2v) is 5.27. The minimum Gasteiger partial charge on any atom is -0.497 e. The Kier molecular flexibility index (Phi) is 8.84. The van der Waals surface area contributed by atoms with Gasteiger partial charge in [0.15, 0.2) is 6.61 Å². The Balaban J connectivity index is 2.37. The zero-order chi connectivity index (χ0) is 18.7. The Morgan fingerprint density at radius 1 is 1.12 bits per heavy atom. The molecule has 2 amide bonds. The second kappa shape index (κ2) is 10.9. The number of aliphatic carboxylic acids is 1. The van der Waals surface area contributed by atoms with E-state index in [1.54, 1.807) is 31.4 Å². The molecule has 0 bridgehead atoms. The van der Waals surface area contributed by atoms with Crippen LogP contribution in [0.15, 0.2) is 24.3 Å². The molecule has 0 saturated heterocycles. The van der Waals surface area contributed by atoms with E-state index in [2.05, 4.69) is 5.32 Å². The minimum atomic E-state index is -0.967. The molecule has 1 aromatic carbocycles. The highest BCUT2D eigenvalue weighted by atomic mass is 16.5. The number of nitrogens with one attached hydrogen (secondary N) is 1. The summed E-state index contributed by atoms with van der Waals surface area (Å²) in [5.41, 5.74) is 0. The molecule has 0 aliphatic rings. The van der Waals surface area contributed by atoms with Crippen molar-refractivity contribution in [1.82, 2.24) is 10.2 Å². The van der Waals surface area contributed by atoms with Gasteiger partial charge in [0, 0.05) is 13.1 Å². The molecule has 0 saturated carbocycles. The Morgan fingerprint density at radius 2 is 1.76 bits per heavy atom. The molecule has 8 nitrogen and oxygen atoms in total. The highest BCUT2D eigenvalue weighted by Gasteiger charge is 2.15. The van der Waals surface area contributed by atoms with E-state index < -0.39 is 11.9 Å². The van der Waals surface area contributed by atoms with Crippen molar-refractivity contribution in [2.45, 2.75) is 19.8 Å². The molecule has 8 heteroatoms. The zero-order valence-electron chi connectivity index (χ0n) is 14.5. The first-order valence-corrected chi connectivity index (χ1v) is 7.99. The van der Waals surface area contributed by atoms with Gasteiger partial charge in [-0.1, -0.05) is 6.92 Å². The van der Waals surface area contributed by atoms with Crippen LogP contribution in [-0.2, 0) is 14.4 Å². The van der Waals surface area contributed by atoms with Crippen molar-refractivity contribution in [3.8, 4) is 11.5 Å². The average molecular weight is 352 g/mol. The standard InChI is InChI=1S/C17H24N2O6/c1-3-9-19(10-8-17(22)23)16(21)11-18-15(20)12-25-14-6-4-13(24-2)5-7-14/h4-7H,3,8-12H2,1-2H3,(H,18,20)(H,22,23). The number of benzene rings is 1. The summed E-state index contributed by atoms with van der Waals surface area (Å²) in [7, 11) is 1.55. The van der Waals surface area contributed by atoms with Crippen molar-refractivity contribution in [2.24, 2.45) is 0 Å². The number of methoxy groups -OCH3 is 1. The van der Waals surface area contributed by atoms with Crippen LogP contribution in [0.5, 0.6) is 11.5 Å². The molecule has 0 unspecified atom stereocenters. The molecule has 0 aliphatic heterocycles. The van der Waals surface area contributed by atoms with E-state index in [0.717, 1.165) is 0 Å². The maximum atomic E-state index is 12.1. The number of hydrogen-bond acceptors (Lipinski definition) is 5. The lowest BCUT2D eigenvalue weighted by atomic mass is 10.3. The van der Waals surface area contributed by atoms with Gasteiger partial charge in [0.05, 0.1) is 20.1 Å². The molecule has 0 atom stereocenters. The van der Waals surface area contributed by atoms with Crippen molar-refractivity contribution < 1.29 is 29.0 Å². The van der Waals surface area contributed by atoms with Crippen molar-refractivity contribution >= 4 is 17.8 Å². The van der Waals surface area contributed by atoms with Crippen molar-refractivity contribution in [3.05, 3.63) is 24.3 Å². The third-order valence-corrected chi connectivity index (χ3v) is 3.31. The summed E-state index contributed by atoms with van der Waals surface area (Å²) < 4.78 is 10.3. The molecule has 0 heterocycles. The quantitative estimate of drug-likeness (QED) is 0.613. The van der Waals surface area contributed by atoms with E-state index in [4.69, 9.17) is 14.6 Å². The molecule has 2 N–H and O–H groups in total. The molecule has 0 spiro atoms.